The van der Waals surface area contributed by atoms with Crippen LogP contribution >= 0.6 is 0 Å². The van der Waals surface area contributed by atoms with Gasteiger partial charge >= 0.3 is 0 Å². The van der Waals surface area contributed by atoms with Crippen LogP contribution in [-0.2, 0) is 4.84 Å². The van der Waals surface area contributed by atoms with Crippen LogP contribution < -0.4 is 4.74 Å². The molecule has 0 bridgehead atoms. The van der Waals surface area contributed by atoms with E-state index in [0.717, 1.165) is 18.6 Å². The van der Waals surface area contributed by atoms with Gasteiger partial charge in [-0.15, -0.1) is 0 Å². The largest absolute Gasteiger partial charge is 0.494 e. The zero-order chi connectivity index (χ0) is 12.7. The highest BCUT2D eigenvalue weighted by Crippen LogP contribution is 2.13. The fourth-order valence-electron chi connectivity index (χ4n) is 1.29. The van der Waals surface area contributed by atoms with Crippen molar-refractivity contribution in [1.29, 1.82) is 0 Å². The number of hydrogen-bond donors (Lipinski definition) is 0. The molecule has 0 aliphatic heterocycles. The van der Waals surface area contributed by atoms with E-state index >= 15 is 0 Å². The van der Waals surface area contributed by atoms with Crippen LogP contribution in [0.2, 0.25) is 0 Å². The Balaban J connectivity index is 2.58. The minimum Gasteiger partial charge on any atom is -0.494 e. The first kappa shape index (κ1) is 13.5. The summed E-state index contributed by atoms with van der Waals surface area (Å²) in [5, 5.41) is 1.19. The number of rotatable bonds is 6. The quantitative estimate of drug-likeness (QED) is 0.563. The Labute approximate surface area is 102 Å². The molecule has 1 rings (SSSR count). The Morgan fingerprint density at radius 2 is 1.94 bits per heavy atom. The third kappa shape index (κ3) is 4.07. The van der Waals surface area contributed by atoms with Gasteiger partial charge in [-0.1, -0.05) is 13.3 Å². The summed E-state index contributed by atoms with van der Waals surface area (Å²) in [6, 6.07) is 7.07. The molecule has 4 nitrogen and oxygen atoms in total. The second kappa shape index (κ2) is 6.91. The molecule has 0 saturated heterocycles. The maximum absolute atomic E-state index is 11.7. The standard InChI is InChI=1S/C13H19NO3/c1-4-5-10-17-12-8-6-11(7-9-12)13(15)14(2)16-3/h6-9H,4-5,10H2,1-3H3. The summed E-state index contributed by atoms with van der Waals surface area (Å²) in [7, 11) is 3.04. The van der Waals surface area contributed by atoms with Gasteiger partial charge in [0.1, 0.15) is 5.75 Å². The average molecular weight is 237 g/mol. The highest BCUT2D eigenvalue weighted by atomic mass is 16.7. The predicted molar refractivity (Wildman–Crippen MR) is 65.9 cm³/mol. The van der Waals surface area contributed by atoms with Crippen LogP contribution in [0.15, 0.2) is 24.3 Å². The van der Waals surface area contributed by atoms with Gasteiger partial charge in [0.2, 0.25) is 0 Å². The van der Waals surface area contributed by atoms with Gasteiger partial charge in [0.15, 0.2) is 0 Å². The molecule has 0 fully saturated rings. The second-order valence-corrected chi connectivity index (χ2v) is 3.71. The average Bonchev–Trinajstić information content (AvgIpc) is 2.38. The van der Waals surface area contributed by atoms with Crippen molar-refractivity contribution in [3.05, 3.63) is 29.8 Å². The van der Waals surface area contributed by atoms with Crippen LogP contribution in [0.4, 0.5) is 0 Å². The molecule has 94 valence electrons. The Bertz CT molecular complexity index is 348. The molecule has 0 N–H and O–H groups in total. The van der Waals surface area contributed by atoms with Crippen LogP contribution in [0.25, 0.3) is 0 Å². The number of carbonyl (C=O) groups excluding carboxylic acids is 1. The molecule has 0 spiro atoms. The number of unbranched alkanes of at least 4 members (excludes halogenated alkanes) is 1. The smallest absolute Gasteiger partial charge is 0.277 e. The molecular formula is C13H19NO3. The molecule has 0 heterocycles. The molecule has 1 aromatic carbocycles. The van der Waals surface area contributed by atoms with Gasteiger partial charge in [0.25, 0.3) is 5.91 Å². The lowest BCUT2D eigenvalue weighted by molar-refractivity contribution is -0.0757. The minimum absolute atomic E-state index is 0.174. The fourth-order valence-corrected chi connectivity index (χ4v) is 1.29. The molecule has 0 radical (unpaired) electrons. The van der Waals surface area contributed by atoms with Crippen molar-refractivity contribution in [1.82, 2.24) is 5.06 Å². The number of amides is 1. The van der Waals surface area contributed by atoms with Gasteiger partial charge in [-0.25, -0.2) is 5.06 Å². The number of nitrogens with zero attached hydrogens (tertiary/aromatic N) is 1. The van der Waals surface area contributed by atoms with Crippen molar-refractivity contribution in [2.75, 3.05) is 20.8 Å². The van der Waals surface area contributed by atoms with Crippen molar-refractivity contribution < 1.29 is 14.4 Å². The Hall–Kier alpha value is -1.55. The summed E-state index contributed by atoms with van der Waals surface area (Å²) in [6.45, 7) is 2.83. The molecule has 17 heavy (non-hydrogen) atoms. The molecule has 0 aliphatic rings. The predicted octanol–water partition coefficient (Wildman–Crippen LogP) is 2.50. The summed E-state index contributed by atoms with van der Waals surface area (Å²) in [6.07, 6.45) is 2.14. The number of carbonyl (C=O) groups is 1. The van der Waals surface area contributed by atoms with E-state index in [-0.39, 0.29) is 5.91 Å². The molecule has 0 saturated carbocycles. The van der Waals surface area contributed by atoms with Crippen molar-refractivity contribution >= 4 is 5.91 Å². The zero-order valence-electron chi connectivity index (χ0n) is 10.6. The lowest BCUT2D eigenvalue weighted by Crippen LogP contribution is -2.25. The van der Waals surface area contributed by atoms with Crippen molar-refractivity contribution in [3.8, 4) is 5.75 Å². The topological polar surface area (TPSA) is 38.8 Å². The summed E-state index contributed by atoms with van der Waals surface area (Å²) < 4.78 is 5.51. The van der Waals surface area contributed by atoms with Crippen LogP contribution in [-0.4, -0.2) is 31.7 Å². The Morgan fingerprint density at radius 1 is 1.29 bits per heavy atom. The number of hydroxylamine groups is 2. The van der Waals surface area contributed by atoms with Crippen LogP contribution in [0.1, 0.15) is 30.1 Å². The molecular weight excluding hydrogens is 218 g/mol. The number of hydrogen-bond acceptors (Lipinski definition) is 3. The van der Waals surface area contributed by atoms with Crippen LogP contribution in [0.3, 0.4) is 0 Å². The fraction of sp³-hybridized carbons (Fsp3) is 0.462. The number of ether oxygens (including phenoxy) is 1. The lowest BCUT2D eigenvalue weighted by Gasteiger charge is -2.13. The lowest BCUT2D eigenvalue weighted by atomic mass is 10.2. The molecule has 1 amide bonds. The monoisotopic (exact) mass is 237 g/mol. The maximum atomic E-state index is 11.7. The SMILES string of the molecule is CCCCOc1ccc(C(=O)N(C)OC)cc1. The van der Waals surface area contributed by atoms with Crippen molar-refractivity contribution in [2.24, 2.45) is 0 Å². The first-order chi connectivity index (χ1) is 8.19. The zero-order valence-corrected chi connectivity index (χ0v) is 10.6. The van der Waals surface area contributed by atoms with E-state index in [1.807, 2.05) is 0 Å². The van der Waals surface area contributed by atoms with Gasteiger partial charge < -0.3 is 4.74 Å². The van der Waals surface area contributed by atoms with Crippen molar-refractivity contribution in [3.63, 3.8) is 0 Å². The van der Waals surface area contributed by atoms with Gasteiger partial charge in [-0.05, 0) is 30.7 Å². The van der Waals surface area contributed by atoms with E-state index in [9.17, 15) is 4.79 Å². The Morgan fingerprint density at radius 3 is 2.47 bits per heavy atom. The third-order valence-corrected chi connectivity index (χ3v) is 2.43. The van der Waals surface area contributed by atoms with Crippen molar-refractivity contribution in [2.45, 2.75) is 19.8 Å². The first-order valence-electron chi connectivity index (χ1n) is 5.74. The summed E-state index contributed by atoms with van der Waals surface area (Å²) >= 11 is 0. The van der Waals surface area contributed by atoms with E-state index in [2.05, 4.69) is 6.92 Å². The molecule has 0 atom stereocenters. The normalized spacial score (nSPS) is 10.1. The van der Waals surface area contributed by atoms with E-state index in [1.54, 1.807) is 31.3 Å². The van der Waals surface area contributed by atoms with E-state index in [1.165, 1.54) is 12.2 Å². The second-order valence-electron chi connectivity index (χ2n) is 3.71. The third-order valence-electron chi connectivity index (χ3n) is 2.43. The van der Waals surface area contributed by atoms with E-state index in [4.69, 9.17) is 9.57 Å². The highest BCUT2D eigenvalue weighted by molar-refractivity contribution is 5.93. The van der Waals surface area contributed by atoms with E-state index in [0.29, 0.717) is 12.2 Å². The first-order valence-corrected chi connectivity index (χ1v) is 5.74. The maximum Gasteiger partial charge on any atom is 0.277 e. The van der Waals surface area contributed by atoms with Crippen LogP contribution in [0.5, 0.6) is 5.75 Å². The molecule has 0 aliphatic carbocycles. The molecule has 4 heteroatoms. The van der Waals surface area contributed by atoms with Gasteiger partial charge in [-0.3, -0.25) is 9.63 Å². The van der Waals surface area contributed by atoms with Gasteiger partial charge in [-0.2, -0.15) is 0 Å². The molecule has 0 aromatic heterocycles. The molecule has 1 aromatic rings. The minimum atomic E-state index is -0.174. The van der Waals surface area contributed by atoms with Gasteiger partial charge in [0.05, 0.1) is 13.7 Å². The van der Waals surface area contributed by atoms with E-state index < -0.39 is 0 Å². The van der Waals surface area contributed by atoms with Gasteiger partial charge in [0, 0.05) is 12.6 Å². The van der Waals surface area contributed by atoms with Crippen LogP contribution in [0, 0.1) is 0 Å². The summed E-state index contributed by atoms with van der Waals surface area (Å²) in [5.41, 5.74) is 0.581. The summed E-state index contributed by atoms with van der Waals surface area (Å²) in [4.78, 5) is 16.5. The summed E-state index contributed by atoms with van der Waals surface area (Å²) in [5.74, 6) is 0.614. The number of benzene rings is 1. The molecule has 0 unspecified atom stereocenters. The highest BCUT2D eigenvalue weighted by Gasteiger charge is 2.10. The Kier molecular flexibility index (Phi) is 5.49.